The highest BCUT2D eigenvalue weighted by atomic mass is 79.9. The summed E-state index contributed by atoms with van der Waals surface area (Å²) in [5.74, 6) is -1.98. The molecule has 1 aromatic rings. The number of aliphatic carboxylic acids is 1. The molecule has 0 spiro atoms. The van der Waals surface area contributed by atoms with Gasteiger partial charge in [0.2, 0.25) is 0 Å². The number of benzene rings is 1. The number of carbonyl (C=O) groups excluding carboxylic acids is 1. The average Bonchev–Trinajstić information content (AvgIpc) is 2.99. The first kappa shape index (κ1) is 24.5. The van der Waals surface area contributed by atoms with Crippen molar-refractivity contribution in [3.05, 3.63) is 26.6 Å². The van der Waals surface area contributed by atoms with Gasteiger partial charge in [0, 0.05) is 6.54 Å². The number of ether oxygens (including phenoxy) is 2. The van der Waals surface area contributed by atoms with E-state index < -0.39 is 12.1 Å². The minimum Gasteiger partial charge on any atom is -0.491 e. The number of nitrogens with zero attached hydrogens (tertiary/aromatic N) is 1. The molecule has 158 valence electrons. The fourth-order valence-corrected chi connectivity index (χ4v) is 3.48. The third kappa shape index (κ3) is 8.23. The predicted molar refractivity (Wildman–Crippen MR) is 101 cm³/mol. The Hall–Kier alpha value is -1.53. The van der Waals surface area contributed by atoms with Crippen molar-refractivity contribution in [2.24, 2.45) is 0 Å². The van der Waals surface area contributed by atoms with Crippen LogP contribution in [0.5, 0.6) is 5.75 Å². The van der Waals surface area contributed by atoms with Gasteiger partial charge in [0.05, 0.1) is 22.1 Å². The lowest BCUT2D eigenvalue weighted by atomic mass is 10.1. The number of cyclic esters (lactones) is 1. The van der Waals surface area contributed by atoms with Crippen molar-refractivity contribution >= 4 is 43.9 Å². The normalized spacial score (nSPS) is 16.1. The zero-order chi connectivity index (χ0) is 21.5. The minimum absolute atomic E-state index is 0.257. The van der Waals surface area contributed by atoms with Gasteiger partial charge in [-0.15, -0.1) is 0 Å². The third-order valence-corrected chi connectivity index (χ3v) is 4.49. The van der Waals surface area contributed by atoms with Gasteiger partial charge in [-0.2, -0.15) is 13.2 Å². The van der Waals surface area contributed by atoms with Crippen molar-refractivity contribution in [3.63, 3.8) is 0 Å². The summed E-state index contributed by atoms with van der Waals surface area (Å²) in [5.41, 5.74) is 0.924. The molecular formula is C16H19Br2F3N2O5. The lowest BCUT2D eigenvalue weighted by Gasteiger charge is -2.15. The molecule has 1 amide bonds. The number of amides is 1. The van der Waals surface area contributed by atoms with E-state index in [0.29, 0.717) is 13.2 Å². The van der Waals surface area contributed by atoms with Crippen molar-refractivity contribution in [2.75, 3.05) is 33.8 Å². The van der Waals surface area contributed by atoms with Crippen LogP contribution in [0, 0.1) is 0 Å². The van der Waals surface area contributed by atoms with E-state index in [1.54, 1.807) is 0 Å². The van der Waals surface area contributed by atoms with Crippen LogP contribution >= 0.6 is 31.9 Å². The maximum Gasteiger partial charge on any atom is 0.490 e. The highest BCUT2D eigenvalue weighted by Crippen LogP contribution is 2.37. The van der Waals surface area contributed by atoms with Gasteiger partial charge in [0.15, 0.2) is 0 Å². The molecule has 1 fully saturated rings. The summed E-state index contributed by atoms with van der Waals surface area (Å²) >= 11 is 7.03. The smallest absolute Gasteiger partial charge is 0.490 e. The maximum absolute atomic E-state index is 11.1. The van der Waals surface area contributed by atoms with E-state index in [9.17, 15) is 18.0 Å². The molecule has 0 aromatic heterocycles. The highest BCUT2D eigenvalue weighted by Gasteiger charge is 2.38. The van der Waals surface area contributed by atoms with E-state index in [-0.39, 0.29) is 12.2 Å². The van der Waals surface area contributed by atoms with Crippen molar-refractivity contribution < 1.29 is 37.3 Å². The van der Waals surface area contributed by atoms with Crippen LogP contribution in [0.2, 0.25) is 0 Å². The number of hydrogen-bond donors (Lipinski definition) is 2. The molecule has 7 nitrogen and oxygen atoms in total. The molecule has 12 heteroatoms. The van der Waals surface area contributed by atoms with Crippen LogP contribution < -0.4 is 10.1 Å². The van der Waals surface area contributed by atoms with Gasteiger partial charge < -0.3 is 24.8 Å². The highest BCUT2D eigenvalue weighted by molar-refractivity contribution is 9.11. The van der Waals surface area contributed by atoms with Crippen LogP contribution in [0.1, 0.15) is 18.1 Å². The Balaban J connectivity index is 0.000000480. The summed E-state index contributed by atoms with van der Waals surface area (Å²) in [4.78, 5) is 22.1. The molecule has 0 aliphatic carbocycles. The molecule has 1 aliphatic rings. The fourth-order valence-electron chi connectivity index (χ4n) is 2.03. The van der Waals surface area contributed by atoms with Gasteiger partial charge in [-0.25, -0.2) is 9.59 Å². The Morgan fingerprint density at radius 3 is 2.29 bits per heavy atom. The number of rotatable bonds is 6. The van der Waals surface area contributed by atoms with Gasteiger partial charge in [0.1, 0.15) is 11.9 Å². The molecular weight excluding hydrogens is 517 g/mol. The Labute approximate surface area is 176 Å². The number of hydrogen-bond acceptors (Lipinski definition) is 5. The second-order valence-corrected chi connectivity index (χ2v) is 7.61. The van der Waals surface area contributed by atoms with Crippen LogP contribution in [-0.4, -0.2) is 62.0 Å². The topological polar surface area (TPSA) is 88.1 Å². The molecule has 0 bridgehead atoms. The first-order valence-electron chi connectivity index (χ1n) is 7.93. The van der Waals surface area contributed by atoms with Crippen LogP contribution in [-0.2, 0) is 9.53 Å². The van der Waals surface area contributed by atoms with E-state index in [1.807, 2.05) is 26.2 Å². The number of halogens is 5. The van der Waals surface area contributed by atoms with Crippen molar-refractivity contribution in [1.82, 2.24) is 10.2 Å². The predicted octanol–water partition coefficient (Wildman–Crippen LogP) is 3.96. The van der Waals surface area contributed by atoms with E-state index in [0.717, 1.165) is 33.2 Å². The number of carboxylic acids is 1. The first-order chi connectivity index (χ1) is 12.9. The van der Waals surface area contributed by atoms with Gasteiger partial charge in [0.25, 0.3) is 0 Å². The van der Waals surface area contributed by atoms with Crippen LogP contribution in [0.4, 0.5) is 18.0 Å². The van der Waals surface area contributed by atoms with Crippen molar-refractivity contribution in [2.45, 2.75) is 18.7 Å². The molecule has 1 heterocycles. The maximum atomic E-state index is 11.1. The molecule has 2 rings (SSSR count). The number of alkyl carbamates (subject to hydrolysis) is 1. The minimum atomic E-state index is -5.08. The molecule has 0 saturated carbocycles. The largest absolute Gasteiger partial charge is 0.491 e. The molecule has 28 heavy (non-hydrogen) atoms. The van der Waals surface area contributed by atoms with Crippen molar-refractivity contribution in [1.29, 1.82) is 0 Å². The van der Waals surface area contributed by atoms with E-state index in [2.05, 4.69) is 42.1 Å². The van der Waals surface area contributed by atoms with Crippen LogP contribution in [0.25, 0.3) is 0 Å². The Morgan fingerprint density at radius 1 is 1.36 bits per heavy atom. The van der Waals surface area contributed by atoms with Gasteiger partial charge in [-0.05, 0) is 70.1 Å². The SMILES string of the molecule is CN(C)CCCOc1c(Br)cc([C@H]2CNC(=O)O2)cc1Br.O=C(O)C(F)(F)F. The fraction of sp³-hybridized carbons (Fsp3) is 0.500. The van der Waals surface area contributed by atoms with E-state index in [4.69, 9.17) is 19.4 Å². The van der Waals surface area contributed by atoms with Gasteiger partial charge >= 0.3 is 18.2 Å². The molecule has 1 saturated heterocycles. The third-order valence-electron chi connectivity index (χ3n) is 3.31. The molecule has 1 aromatic carbocycles. The monoisotopic (exact) mass is 534 g/mol. The Morgan fingerprint density at radius 2 is 1.89 bits per heavy atom. The zero-order valence-electron chi connectivity index (χ0n) is 15.0. The Bertz CT molecular complexity index is 678. The number of alkyl halides is 3. The summed E-state index contributed by atoms with van der Waals surface area (Å²) in [6.45, 7) is 2.12. The number of nitrogens with one attached hydrogen (secondary N) is 1. The van der Waals surface area contributed by atoms with Crippen LogP contribution in [0.15, 0.2) is 21.1 Å². The summed E-state index contributed by atoms with van der Waals surface area (Å²) in [5, 5.41) is 9.77. The lowest BCUT2D eigenvalue weighted by Crippen LogP contribution is -2.21. The molecule has 2 N–H and O–H groups in total. The van der Waals surface area contributed by atoms with Crippen molar-refractivity contribution in [3.8, 4) is 5.75 Å². The van der Waals surface area contributed by atoms with E-state index in [1.165, 1.54) is 0 Å². The summed E-state index contributed by atoms with van der Waals surface area (Å²) in [7, 11) is 4.08. The second kappa shape index (κ2) is 10.9. The quantitative estimate of drug-likeness (QED) is 0.536. The molecule has 1 aliphatic heterocycles. The Kier molecular flexibility index (Phi) is 9.51. The first-order valence-corrected chi connectivity index (χ1v) is 9.51. The van der Waals surface area contributed by atoms with Gasteiger partial charge in [-0.1, -0.05) is 0 Å². The van der Waals surface area contributed by atoms with Crippen LogP contribution in [0.3, 0.4) is 0 Å². The number of carbonyl (C=O) groups is 2. The molecule has 1 atom stereocenters. The van der Waals surface area contributed by atoms with E-state index >= 15 is 0 Å². The lowest BCUT2D eigenvalue weighted by molar-refractivity contribution is -0.192. The summed E-state index contributed by atoms with van der Waals surface area (Å²) in [6.07, 6.45) is -4.76. The molecule has 0 unspecified atom stereocenters. The van der Waals surface area contributed by atoms with Gasteiger partial charge in [-0.3, -0.25) is 0 Å². The second-order valence-electron chi connectivity index (χ2n) is 5.90. The zero-order valence-corrected chi connectivity index (χ0v) is 18.1. The average molecular weight is 536 g/mol. The number of carboxylic acid groups (broad SMARTS) is 1. The molecule has 0 radical (unpaired) electrons. The summed E-state index contributed by atoms with van der Waals surface area (Å²) < 4.78 is 44.4. The standard InChI is InChI=1S/C14H18Br2N2O3.C2HF3O2/c1-18(2)4-3-5-20-13-10(15)6-9(7-11(13)16)12-8-17-14(19)21-12;3-2(4,5)1(6)7/h6-7,12H,3-5,8H2,1-2H3,(H,17,19);(H,6,7)/t12-;/m1./s1. The summed E-state index contributed by atoms with van der Waals surface area (Å²) in [6, 6.07) is 3.86.